The molecule has 0 atom stereocenters. The maximum atomic E-state index is 2.26. The smallest absolute Gasteiger partial charge is 0.0279 e. The zero-order valence-corrected chi connectivity index (χ0v) is 15.0. The van der Waals surface area contributed by atoms with Crippen molar-refractivity contribution in [3.8, 4) is 0 Å². The standard InChI is InChI=1S/C12H18.C5H12.C3H8/c1-3-7-11-9-5-6-10-12(11)8-4-2;1-3-5-4-2;1-3-2/h5-6,9-10H,3-4,7-8H2,1-2H3;3-5H2,1-2H3;3H2,1-2H3. The highest BCUT2D eigenvalue weighted by Crippen LogP contribution is 2.12. The Balaban J connectivity index is 0. The summed E-state index contributed by atoms with van der Waals surface area (Å²) in [4.78, 5) is 0. The van der Waals surface area contributed by atoms with Crippen molar-refractivity contribution < 1.29 is 0 Å². The Bertz CT molecular complexity index is 248. The van der Waals surface area contributed by atoms with Gasteiger partial charge in [-0.15, -0.1) is 0 Å². The fourth-order valence-electron chi connectivity index (χ4n) is 1.94. The normalized spacial score (nSPS) is 9.10. The van der Waals surface area contributed by atoms with Gasteiger partial charge in [-0.1, -0.05) is 104 Å². The molecule has 0 aliphatic heterocycles. The molecule has 0 saturated heterocycles. The van der Waals surface area contributed by atoms with Crippen molar-refractivity contribution in [3.05, 3.63) is 35.4 Å². The molecule has 20 heavy (non-hydrogen) atoms. The number of hydrogen-bond acceptors (Lipinski definition) is 0. The maximum Gasteiger partial charge on any atom is -0.0279 e. The molecular weight excluding hydrogens is 240 g/mol. The minimum Gasteiger partial charge on any atom is -0.0656 e. The predicted molar refractivity (Wildman–Crippen MR) is 95.6 cm³/mol. The molecule has 0 fully saturated rings. The molecule has 0 aliphatic rings. The van der Waals surface area contributed by atoms with E-state index in [-0.39, 0.29) is 0 Å². The molecule has 0 heterocycles. The van der Waals surface area contributed by atoms with Crippen LogP contribution in [0.3, 0.4) is 0 Å². The highest BCUT2D eigenvalue weighted by molar-refractivity contribution is 5.27. The molecule has 0 amide bonds. The minimum atomic E-state index is 1.23. The maximum absolute atomic E-state index is 2.26. The van der Waals surface area contributed by atoms with Crippen LogP contribution in [-0.2, 0) is 12.8 Å². The molecule has 0 heteroatoms. The van der Waals surface area contributed by atoms with Gasteiger partial charge >= 0.3 is 0 Å². The van der Waals surface area contributed by atoms with Gasteiger partial charge in [0.15, 0.2) is 0 Å². The first-order chi connectivity index (χ1) is 9.71. The fraction of sp³-hybridized carbons (Fsp3) is 0.700. The summed E-state index contributed by atoms with van der Waals surface area (Å²) >= 11 is 0. The summed E-state index contributed by atoms with van der Waals surface area (Å²) in [5, 5.41) is 0. The summed E-state index contributed by atoms with van der Waals surface area (Å²) in [6, 6.07) is 8.80. The molecule has 0 saturated carbocycles. The van der Waals surface area contributed by atoms with Crippen LogP contribution >= 0.6 is 0 Å². The van der Waals surface area contributed by atoms with Crippen molar-refractivity contribution in [2.75, 3.05) is 0 Å². The van der Waals surface area contributed by atoms with Crippen LogP contribution in [0.25, 0.3) is 0 Å². The molecule has 0 aromatic heterocycles. The monoisotopic (exact) mass is 278 g/mol. The van der Waals surface area contributed by atoms with E-state index in [1.807, 2.05) is 0 Å². The molecule has 1 aromatic carbocycles. The molecule has 0 radical (unpaired) electrons. The van der Waals surface area contributed by atoms with E-state index in [0.717, 1.165) is 0 Å². The van der Waals surface area contributed by atoms with E-state index in [4.69, 9.17) is 0 Å². The van der Waals surface area contributed by atoms with Crippen LogP contribution < -0.4 is 0 Å². The van der Waals surface area contributed by atoms with E-state index < -0.39 is 0 Å². The Morgan fingerprint density at radius 1 is 0.600 bits per heavy atom. The molecule has 0 bridgehead atoms. The highest BCUT2D eigenvalue weighted by atomic mass is 14.0. The van der Waals surface area contributed by atoms with Crippen LogP contribution in [-0.4, -0.2) is 0 Å². The average molecular weight is 279 g/mol. The number of benzene rings is 1. The van der Waals surface area contributed by atoms with Gasteiger partial charge in [0.1, 0.15) is 0 Å². The summed E-state index contributed by atoms with van der Waals surface area (Å²) < 4.78 is 0. The van der Waals surface area contributed by atoms with Crippen LogP contribution in [0.5, 0.6) is 0 Å². The lowest BCUT2D eigenvalue weighted by Crippen LogP contribution is -1.92. The SMILES string of the molecule is CCC.CCCCC.CCCc1ccccc1CCC. The van der Waals surface area contributed by atoms with Crippen LogP contribution in [0.2, 0.25) is 0 Å². The molecule has 0 unspecified atom stereocenters. The number of rotatable bonds is 6. The van der Waals surface area contributed by atoms with E-state index in [0.29, 0.717) is 0 Å². The van der Waals surface area contributed by atoms with Gasteiger partial charge in [0.25, 0.3) is 0 Å². The summed E-state index contributed by atoms with van der Waals surface area (Å²) in [5.74, 6) is 0. The zero-order chi connectivity index (χ0) is 15.6. The Hall–Kier alpha value is -0.780. The molecular formula is C20H38. The first kappa shape index (κ1) is 21.5. The van der Waals surface area contributed by atoms with E-state index >= 15 is 0 Å². The van der Waals surface area contributed by atoms with Crippen molar-refractivity contribution in [3.63, 3.8) is 0 Å². The van der Waals surface area contributed by atoms with Crippen molar-refractivity contribution in [2.45, 2.75) is 92.9 Å². The van der Waals surface area contributed by atoms with Gasteiger partial charge in [-0.2, -0.15) is 0 Å². The van der Waals surface area contributed by atoms with Gasteiger partial charge in [0.05, 0.1) is 0 Å². The van der Waals surface area contributed by atoms with Gasteiger partial charge in [-0.05, 0) is 24.0 Å². The third-order valence-corrected chi connectivity index (χ3v) is 2.86. The van der Waals surface area contributed by atoms with Crippen LogP contribution in [0.4, 0.5) is 0 Å². The lowest BCUT2D eigenvalue weighted by molar-refractivity contribution is 0.772. The van der Waals surface area contributed by atoms with Crippen molar-refractivity contribution in [1.82, 2.24) is 0 Å². The van der Waals surface area contributed by atoms with Gasteiger partial charge < -0.3 is 0 Å². The predicted octanol–water partition coefficient (Wildman–Crippen LogP) is 7.20. The second-order valence-electron chi connectivity index (χ2n) is 5.33. The summed E-state index contributed by atoms with van der Waals surface area (Å²) in [5.41, 5.74) is 3.09. The van der Waals surface area contributed by atoms with E-state index in [9.17, 15) is 0 Å². The lowest BCUT2D eigenvalue weighted by Gasteiger charge is -2.06. The molecule has 1 rings (SSSR count). The summed E-state index contributed by atoms with van der Waals surface area (Å²) in [7, 11) is 0. The first-order valence-electron chi connectivity index (χ1n) is 8.78. The van der Waals surface area contributed by atoms with E-state index in [2.05, 4.69) is 65.8 Å². The molecule has 118 valence electrons. The number of aryl methyl sites for hydroxylation is 2. The molecule has 0 nitrogen and oxygen atoms in total. The average Bonchev–Trinajstić information content (AvgIpc) is 2.44. The minimum absolute atomic E-state index is 1.23. The van der Waals surface area contributed by atoms with Crippen molar-refractivity contribution in [2.24, 2.45) is 0 Å². The number of hydrogen-bond donors (Lipinski definition) is 0. The van der Waals surface area contributed by atoms with Gasteiger partial charge in [-0.25, -0.2) is 0 Å². The Labute approximate surface area is 129 Å². The highest BCUT2D eigenvalue weighted by Gasteiger charge is 1.98. The summed E-state index contributed by atoms with van der Waals surface area (Å²) in [6.07, 6.45) is 10.3. The molecule has 0 spiro atoms. The second-order valence-corrected chi connectivity index (χ2v) is 5.33. The third-order valence-electron chi connectivity index (χ3n) is 2.86. The number of unbranched alkanes of at least 4 members (excludes halogenated alkanes) is 2. The molecule has 0 aliphatic carbocycles. The van der Waals surface area contributed by atoms with Crippen molar-refractivity contribution >= 4 is 0 Å². The van der Waals surface area contributed by atoms with E-state index in [1.165, 1.54) is 51.4 Å². The zero-order valence-electron chi connectivity index (χ0n) is 15.0. The first-order valence-corrected chi connectivity index (χ1v) is 8.78. The Morgan fingerprint density at radius 3 is 1.15 bits per heavy atom. The second kappa shape index (κ2) is 18.2. The topological polar surface area (TPSA) is 0 Å². The van der Waals surface area contributed by atoms with Gasteiger partial charge in [0.2, 0.25) is 0 Å². The van der Waals surface area contributed by atoms with Crippen LogP contribution in [0, 0.1) is 0 Å². The Kier molecular flexibility index (Phi) is 19.6. The van der Waals surface area contributed by atoms with Crippen molar-refractivity contribution in [1.29, 1.82) is 0 Å². The quantitative estimate of drug-likeness (QED) is 0.516. The molecule has 1 aromatic rings. The van der Waals surface area contributed by atoms with Crippen LogP contribution in [0.15, 0.2) is 24.3 Å². The fourth-order valence-corrected chi connectivity index (χ4v) is 1.94. The van der Waals surface area contributed by atoms with E-state index in [1.54, 1.807) is 11.1 Å². The van der Waals surface area contributed by atoms with Gasteiger partial charge in [0, 0.05) is 0 Å². The Morgan fingerprint density at radius 2 is 0.950 bits per heavy atom. The van der Waals surface area contributed by atoms with Crippen LogP contribution in [0.1, 0.15) is 91.2 Å². The van der Waals surface area contributed by atoms with Gasteiger partial charge in [-0.3, -0.25) is 0 Å². The lowest BCUT2D eigenvalue weighted by atomic mass is 10.00. The summed E-state index contributed by atoms with van der Waals surface area (Å²) in [6.45, 7) is 13.2. The third kappa shape index (κ3) is 13.6. The molecule has 0 N–H and O–H groups in total. The largest absolute Gasteiger partial charge is 0.0656 e.